The van der Waals surface area contributed by atoms with E-state index in [1.54, 1.807) is 24.3 Å². The molecule has 1 atom stereocenters. The first kappa shape index (κ1) is 19.4. The fourth-order valence-electron chi connectivity index (χ4n) is 2.64. The van der Waals surface area contributed by atoms with Crippen molar-refractivity contribution in [2.75, 3.05) is 7.11 Å². The van der Waals surface area contributed by atoms with Crippen LogP contribution in [-0.2, 0) is 0 Å². The summed E-state index contributed by atoms with van der Waals surface area (Å²) in [6.07, 6.45) is -5.95. The van der Waals surface area contributed by atoms with E-state index in [9.17, 15) is 23.1 Å². The van der Waals surface area contributed by atoms with Crippen LogP contribution in [0.2, 0.25) is 0 Å². The predicted octanol–water partition coefficient (Wildman–Crippen LogP) is 3.96. The molecular weight excluding hydrogens is 429 g/mol. The Balaban J connectivity index is 2.01. The lowest BCUT2D eigenvalue weighted by atomic mass is 10.0. The first-order valence-electron chi connectivity index (χ1n) is 7.77. The Kier molecular flexibility index (Phi) is 5.00. The van der Waals surface area contributed by atoms with Gasteiger partial charge in [-0.2, -0.15) is 23.3 Å². The van der Waals surface area contributed by atoms with Crippen LogP contribution in [0.1, 0.15) is 22.3 Å². The van der Waals surface area contributed by atoms with E-state index in [1.807, 2.05) is 0 Å². The second-order valence-electron chi connectivity index (χ2n) is 5.89. The summed E-state index contributed by atoms with van der Waals surface area (Å²) in [4.78, 5) is 12.7. The van der Waals surface area contributed by atoms with E-state index in [1.165, 1.54) is 31.4 Å². The zero-order chi connectivity index (χ0) is 19.8. The third kappa shape index (κ3) is 3.57. The smallest absolute Gasteiger partial charge is 0.438 e. The molecule has 2 aromatic rings. The molecule has 5 nitrogen and oxygen atoms in total. The first-order chi connectivity index (χ1) is 12.7. The number of halogens is 4. The highest BCUT2D eigenvalue weighted by Crippen LogP contribution is 2.42. The molecule has 0 spiro atoms. The number of rotatable bonds is 3. The van der Waals surface area contributed by atoms with Crippen LogP contribution in [0.25, 0.3) is 0 Å². The molecule has 0 aromatic heterocycles. The molecule has 2 aromatic carbocycles. The average Bonchev–Trinajstić information content (AvgIpc) is 3.00. The highest BCUT2D eigenvalue weighted by atomic mass is 79.9. The van der Waals surface area contributed by atoms with Gasteiger partial charge in [-0.15, -0.1) is 0 Å². The molecule has 0 aliphatic carbocycles. The fourth-order valence-corrected chi connectivity index (χ4v) is 2.90. The van der Waals surface area contributed by atoms with Crippen LogP contribution in [0.3, 0.4) is 0 Å². The number of hydrazone groups is 1. The maximum Gasteiger partial charge on any atom is 0.438 e. The number of methoxy groups -OCH3 is 1. The summed E-state index contributed by atoms with van der Waals surface area (Å²) in [5.41, 5.74) is -3.14. The van der Waals surface area contributed by atoms with Crippen LogP contribution in [0.4, 0.5) is 13.2 Å². The number of amides is 1. The topological polar surface area (TPSA) is 62.1 Å². The minimum absolute atomic E-state index is 0.0378. The van der Waals surface area contributed by atoms with Crippen molar-refractivity contribution in [3.63, 3.8) is 0 Å². The van der Waals surface area contributed by atoms with Crippen molar-refractivity contribution in [1.29, 1.82) is 0 Å². The van der Waals surface area contributed by atoms with Crippen molar-refractivity contribution in [2.45, 2.75) is 18.3 Å². The lowest BCUT2D eigenvalue weighted by Gasteiger charge is -2.32. The van der Waals surface area contributed by atoms with Crippen LogP contribution in [0.5, 0.6) is 5.75 Å². The molecule has 1 heterocycles. The summed E-state index contributed by atoms with van der Waals surface area (Å²) < 4.78 is 46.5. The van der Waals surface area contributed by atoms with Gasteiger partial charge in [-0.3, -0.25) is 4.79 Å². The summed E-state index contributed by atoms with van der Waals surface area (Å²) in [7, 11) is 1.43. The number of carbonyl (C=O) groups excluding carboxylic acids is 1. The Morgan fingerprint density at radius 2 is 1.78 bits per heavy atom. The van der Waals surface area contributed by atoms with Crippen LogP contribution in [0.15, 0.2) is 58.1 Å². The fraction of sp³-hybridized carbons (Fsp3) is 0.222. The first-order valence-corrected chi connectivity index (χ1v) is 8.56. The monoisotopic (exact) mass is 442 g/mol. The zero-order valence-corrected chi connectivity index (χ0v) is 15.6. The third-order valence-corrected chi connectivity index (χ3v) is 4.67. The molecule has 27 heavy (non-hydrogen) atoms. The Morgan fingerprint density at radius 3 is 2.30 bits per heavy atom. The normalized spacial score (nSPS) is 19.8. The minimum atomic E-state index is -5.09. The summed E-state index contributed by atoms with van der Waals surface area (Å²) >= 11 is 3.24. The molecule has 0 saturated heterocycles. The second kappa shape index (κ2) is 6.97. The molecule has 1 aliphatic rings. The van der Waals surface area contributed by atoms with Gasteiger partial charge in [0.2, 0.25) is 0 Å². The molecule has 3 rings (SSSR count). The number of hydrogen-bond acceptors (Lipinski definition) is 4. The van der Waals surface area contributed by atoms with E-state index in [-0.39, 0.29) is 16.3 Å². The molecule has 1 aliphatic heterocycles. The lowest BCUT2D eigenvalue weighted by Crippen LogP contribution is -2.56. The van der Waals surface area contributed by atoms with E-state index in [4.69, 9.17) is 4.74 Å². The summed E-state index contributed by atoms with van der Waals surface area (Å²) in [6.45, 7) is 0. The van der Waals surface area contributed by atoms with Crippen LogP contribution in [0, 0.1) is 0 Å². The number of benzene rings is 2. The van der Waals surface area contributed by atoms with Gasteiger partial charge in [0.25, 0.3) is 11.6 Å². The number of alkyl halides is 3. The van der Waals surface area contributed by atoms with E-state index in [2.05, 4.69) is 21.0 Å². The lowest BCUT2D eigenvalue weighted by molar-refractivity contribution is -0.297. The van der Waals surface area contributed by atoms with Gasteiger partial charge in [0, 0.05) is 10.0 Å². The van der Waals surface area contributed by atoms with E-state index >= 15 is 0 Å². The third-order valence-electron chi connectivity index (χ3n) is 4.15. The van der Waals surface area contributed by atoms with Crippen molar-refractivity contribution in [1.82, 2.24) is 5.01 Å². The summed E-state index contributed by atoms with van der Waals surface area (Å²) in [5, 5.41) is 14.3. The standard InChI is InChI=1S/C18H14BrF3N2O3/c1-27-14-8-4-12(5-9-14)16(25)24-17(26,18(20,21)22)10-15(23-24)11-2-6-13(19)7-3-11/h2-9,26H,10H2,1H3/t17-/m1/s1. The molecule has 1 N–H and O–H groups in total. The van der Waals surface area contributed by atoms with Gasteiger partial charge in [0.1, 0.15) is 5.75 Å². The predicted molar refractivity (Wildman–Crippen MR) is 95.5 cm³/mol. The molecule has 9 heteroatoms. The van der Waals surface area contributed by atoms with Gasteiger partial charge in [0.15, 0.2) is 0 Å². The molecule has 0 unspecified atom stereocenters. The largest absolute Gasteiger partial charge is 0.497 e. The number of hydrogen-bond donors (Lipinski definition) is 1. The van der Waals surface area contributed by atoms with Crippen LogP contribution < -0.4 is 4.74 Å². The van der Waals surface area contributed by atoms with Gasteiger partial charge in [-0.25, -0.2) is 0 Å². The van der Waals surface area contributed by atoms with Crippen molar-refractivity contribution in [3.8, 4) is 5.75 Å². The van der Waals surface area contributed by atoms with Gasteiger partial charge in [0.05, 0.1) is 19.2 Å². The van der Waals surface area contributed by atoms with Gasteiger partial charge >= 0.3 is 6.18 Å². The molecule has 0 bridgehead atoms. The molecular formula is C18H14BrF3N2O3. The second-order valence-corrected chi connectivity index (χ2v) is 6.81. The Bertz CT molecular complexity index is 882. The van der Waals surface area contributed by atoms with Crippen molar-refractivity contribution in [3.05, 3.63) is 64.1 Å². The molecule has 142 valence electrons. The summed E-state index contributed by atoms with van der Waals surface area (Å²) in [6, 6.07) is 11.9. The van der Waals surface area contributed by atoms with Gasteiger partial charge in [-0.05, 0) is 42.0 Å². The van der Waals surface area contributed by atoms with Crippen molar-refractivity contribution < 1.29 is 27.8 Å². The van der Waals surface area contributed by atoms with Gasteiger partial charge < -0.3 is 9.84 Å². The van der Waals surface area contributed by atoms with E-state index in [0.29, 0.717) is 11.3 Å². The Morgan fingerprint density at radius 1 is 1.19 bits per heavy atom. The maximum absolute atomic E-state index is 13.6. The number of nitrogens with zero attached hydrogens (tertiary/aromatic N) is 2. The number of ether oxygens (including phenoxy) is 1. The SMILES string of the molecule is COc1ccc(C(=O)N2N=C(c3ccc(Br)cc3)C[C@@]2(O)C(F)(F)F)cc1. The minimum Gasteiger partial charge on any atom is -0.497 e. The number of aliphatic hydroxyl groups is 1. The molecule has 0 saturated carbocycles. The summed E-state index contributed by atoms with van der Waals surface area (Å²) in [5.74, 6) is -0.623. The van der Waals surface area contributed by atoms with E-state index < -0.39 is 24.2 Å². The van der Waals surface area contributed by atoms with E-state index in [0.717, 1.165) is 4.47 Å². The Labute approximate surface area is 161 Å². The quantitative estimate of drug-likeness (QED) is 0.782. The van der Waals surface area contributed by atoms with Gasteiger partial charge in [-0.1, -0.05) is 28.1 Å². The Hall–Kier alpha value is -2.39. The van der Waals surface area contributed by atoms with Crippen LogP contribution >= 0.6 is 15.9 Å². The highest BCUT2D eigenvalue weighted by Gasteiger charge is 2.63. The highest BCUT2D eigenvalue weighted by molar-refractivity contribution is 9.10. The average molecular weight is 443 g/mol. The van der Waals surface area contributed by atoms with Crippen molar-refractivity contribution in [2.24, 2.45) is 5.10 Å². The molecule has 0 radical (unpaired) electrons. The maximum atomic E-state index is 13.6. The number of carbonyl (C=O) groups is 1. The molecule has 0 fully saturated rings. The molecule has 1 amide bonds. The van der Waals surface area contributed by atoms with Crippen molar-refractivity contribution >= 4 is 27.5 Å². The zero-order valence-electron chi connectivity index (χ0n) is 14.0. The van der Waals surface area contributed by atoms with Crippen LogP contribution in [-0.4, -0.2) is 40.7 Å².